The number of ketones is 1. The van der Waals surface area contributed by atoms with Gasteiger partial charge in [-0.25, -0.2) is 4.39 Å². The van der Waals surface area contributed by atoms with E-state index in [2.05, 4.69) is 4.98 Å². The van der Waals surface area contributed by atoms with Crippen LogP contribution in [0.4, 0.5) is 4.39 Å². The fourth-order valence-electron chi connectivity index (χ4n) is 1.95. The summed E-state index contributed by atoms with van der Waals surface area (Å²) in [6, 6.07) is 7.63. The Morgan fingerprint density at radius 3 is 2.47 bits per heavy atom. The normalized spacial score (nSPS) is 10.5. The van der Waals surface area contributed by atoms with E-state index in [-0.39, 0.29) is 12.2 Å². The van der Waals surface area contributed by atoms with E-state index in [9.17, 15) is 9.18 Å². The molecule has 1 aromatic heterocycles. The molecule has 4 heteroatoms. The first kappa shape index (κ1) is 13.7. The number of aromatic nitrogens is 1. The molecule has 0 saturated carbocycles. The number of benzene rings is 1. The number of carbonyl (C=O) groups is 1. The van der Waals surface area contributed by atoms with Crippen LogP contribution in [-0.4, -0.2) is 10.8 Å². The predicted octanol–water partition coefficient (Wildman–Crippen LogP) is 3.92. The fourth-order valence-corrected chi connectivity index (χ4v) is 2.14. The minimum Gasteiger partial charge on any atom is -0.294 e. The molecule has 0 aliphatic heterocycles. The number of Topliss-reactive ketones (excluding diaryl/α,β-unsaturated/α-hetero) is 1. The minimum absolute atomic E-state index is 0.00468. The van der Waals surface area contributed by atoms with Crippen molar-refractivity contribution in [2.24, 2.45) is 0 Å². The van der Waals surface area contributed by atoms with Crippen molar-refractivity contribution in [2.45, 2.75) is 20.3 Å². The van der Waals surface area contributed by atoms with Crippen LogP contribution in [0.15, 0.2) is 30.3 Å². The molecule has 0 N–H and O–H groups in total. The maximum Gasteiger partial charge on any atom is 0.167 e. The van der Waals surface area contributed by atoms with Gasteiger partial charge in [0.1, 0.15) is 5.82 Å². The van der Waals surface area contributed by atoms with Crippen LogP contribution in [-0.2, 0) is 6.42 Å². The second kappa shape index (κ2) is 5.49. The van der Waals surface area contributed by atoms with Gasteiger partial charge in [0, 0.05) is 28.4 Å². The monoisotopic (exact) mass is 277 g/mol. The van der Waals surface area contributed by atoms with E-state index in [1.165, 1.54) is 18.2 Å². The van der Waals surface area contributed by atoms with E-state index in [1.54, 1.807) is 12.1 Å². The van der Waals surface area contributed by atoms with Gasteiger partial charge in [-0.3, -0.25) is 9.78 Å². The average Bonchev–Trinajstić information content (AvgIpc) is 2.32. The molecule has 1 heterocycles. The van der Waals surface area contributed by atoms with Crippen molar-refractivity contribution >= 4 is 17.4 Å². The van der Waals surface area contributed by atoms with Crippen LogP contribution in [0.1, 0.15) is 27.3 Å². The van der Waals surface area contributed by atoms with Gasteiger partial charge < -0.3 is 0 Å². The van der Waals surface area contributed by atoms with Gasteiger partial charge in [0.15, 0.2) is 5.78 Å². The molecular formula is C15H13ClFNO. The van der Waals surface area contributed by atoms with Crippen LogP contribution in [0.3, 0.4) is 0 Å². The number of hydrogen-bond acceptors (Lipinski definition) is 2. The number of halogens is 2. The maximum absolute atomic E-state index is 13.6. The standard InChI is InChI=1S/C15H13ClFNO/c1-9-5-12(6-10(2)18-9)15(19)8-11-7-13(16)3-4-14(11)17/h3-7H,8H2,1-2H3. The predicted molar refractivity (Wildman–Crippen MR) is 73.2 cm³/mol. The fraction of sp³-hybridized carbons (Fsp3) is 0.200. The summed E-state index contributed by atoms with van der Waals surface area (Å²) in [5.74, 6) is -0.560. The molecule has 0 amide bonds. The average molecular weight is 278 g/mol. The quantitative estimate of drug-likeness (QED) is 0.796. The largest absolute Gasteiger partial charge is 0.294 e. The van der Waals surface area contributed by atoms with Crippen molar-refractivity contribution < 1.29 is 9.18 Å². The number of aryl methyl sites for hydroxylation is 2. The van der Waals surface area contributed by atoms with Crippen LogP contribution in [0, 0.1) is 19.7 Å². The molecule has 2 rings (SSSR count). The van der Waals surface area contributed by atoms with Crippen LogP contribution in [0.25, 0.3) is 0 Å². The zero-order valence-corrected chi connectivity index (χ0v) is 11.5. The summed E-state index contributed by atoms with van der Waals surface area (Å²) >= 11 is 5.81. The van der Waals surface area contributed by atoms with E-state index in [0.29, 0.717) is 16.1 Å². The number of carbonyl (C=O) groups excluding carboxylic acids is 1. The van der Waals surface area contributed by atoms with Crippen molar-refractivity contribution in [3.8, 4) is 0 Å². The molecule has 0 spiro atoms. The summed E-state index contributed by atoms with van der Waals surface area (Å²) in [6.07, 6.45) is -0.00468. The topological polar surface area (TPSA) is 30.0 Å². The molecule has 0 saturated heterocycles. The lowest BCUT2D eigenvalue weighted by molar-refractivity contribution is 0.0991. The van der Waals surface area contributed by atoms with Gasteiger partial charge in [-0.2, -0.15) is 0 Å². The number of hydrogen-bond donors (Lipinski definition) is 0. The molecule has 0 unspecified atom stereocenters. The lowest BCUT2D eigenvalue weighted by Crippen LogP contribution is -2.06. The summed E-state index contributed by atoms with van der Waals surface area (Å²) < 4.78 is 13.6. The Hall–Kier alpha value is -1.74. The minimum atomic E-state index is -0.416. The molecule has 0 aliphatic rings. The van der Waals surface area contributed by atoms with Gasteiger partial charge in [0.2, 0.25) is 0 Å². The lowest BCUT2D eigenvalue weighted by atomic mass is 10.0. The summed E-state index contributed by atoms with van der Waals surface area (Å²) in [5, 5.41) is 0.422. The van der Waals surface area contributed by atoms with Crippen LogP contribution in [0.5, 0.6) is 0 Å². The van der Waals surface area contributed by atoms with Crippen molar-refractivity contribution in [3.63, 3.8) is 0 Å². The zero-order valence-electron chi connectivity index (χ0n) is 10.7. The highest BCUT2D eigenvalue weighted by Crippen LogP contribution is 2.17. The van der Waals surface area contributed by atoms with Crippen molar-refractivity contribution in [2.75, 3.05) is 0 Å². The first-order chi connectivity index (χ1) is 8.95. The summed E-state index contributed by atoms with van der Waals surface area (Å²) in [5.41, 5.74) is 2.40. The molecular weight excluding hydrogens is 265 g/mol. The molecule has 0 bridgehead atoms. The van der Waals surface area contributed by atoms with Gasteiger partial charge >= 0.3 is 0 Å². The van der Waals surface area contributed by atoms with E-state index >= 15 is 0 Å². The molecule has 0 atom stereocenters. The first-order valence-electron chi connectivity index (χ1n) is 5.88. The molecule has 2 nitrogen and oxygen atoms in total. The summed E-state index contributed by atoms with van der Waals surface area (Å²) in [4.78, 5) is 16.4. The number of rotatable bonds is 3. The van der Waals surface area contributed by atoms with Gasteiger partial charge in [-0.15, -0.1) is 0 Å². The molecule has 0 fully saturated rings. The SMILES string of the molecule is Cc1cc(C(=O)Cc2cc(Cl)ccc2F)cc(C)n1. The lowest BCUT2D eigenvalue weighted by Gasteiger charge is -2.05. The second-order valence-electron chi connectivity index (χ2n) is 4.47. The van der Waals surface area contributed by atoms with E-state index in [4.69, 9.17) is 11.6 Å². The Bertz CT molecular complexity index is 620. The van der Waals surface area contributed by atoms with Gasteiger partial charge in [-0.1, -0.05) is 11.6 Å². The third kappa shape index (κ3) is 3.38. The van der Waals surface area contributed by atoms with Crippen molar-refractivity contribution in [1.82, 2.24) is 4.98 Å². The van der Waals surface area contributed by atoms with Gasteiger partial charge in [0.05, 0.1) is 0 Å². The Balaban J connectivity index is 2.28. The van der Waals surface area contributed by atoms with Crippen molar-refractivity contribution in [3.05, 3.63) is 63.7 Å². The van der Waals surface area contributed by atoms with Gasteiger partial charge in [-0.05, 0) is 49.7 Å². The number of nitrogens with zero attached hydrogens (tertiary/aromatic N) is 1. The van der Waals surface area contributed by atoms with Crippen LogP contribution in [0.2, 0.25) is 5.02 Å². The van der Waals surface area contributed by atoms with Crippen molar-refractivity contribution in [1.29, 1.82) is 0 Å². The highest BCUT2D eigenvalue weighted by Gasteiger charge is 2.12. The highest BCUT2D eigenvalue weighted by molar-refractivity contribution is 6.30. The second-order valence-corrected chi connectivity index (χ2v) is 4.91. The smallest absolute Gasteiger partial charge is 0.167 e. The van der Waals surface area contributed by atoms with Crippen LogP contribution < -0.4 is 0 Å². The molecule has 19 heavy (non-hydrogen) atoms. The molecule has 0 aliphatic carbocycles. The molecule has 98 valence electrons. The highest BCUT2D eigenvalue weighted by atomic mass is 35.5. The maximum atomic E-state index is 13.6. The van der Waals surface area contributed by atoms with E-state index in [0.717, 1.165) is 11.4 Å². The summed E-state index contributed by atoms with van der Waals surface area (Å²) in [6.45, 7) is 3.65. The Morgan fingerprint density at radius 2 is 1.84 bits per heavy atom. The third-order valence-electron chi connectivity index (χ3n) is 2.76. The molecule has 2 aromatic rings. The zero-order chi connectivity index (χ0) is 14.0. The molecule has 0 radical (unpaired) electrons. The van der Waals surface area contributed by atoms with Crippen LogP contribution >= 0.6 is 11.6 Å². The van der Waals surface area contributed by atoms with Gasteiger partial charge in [0.25, 0.3) is 0 Å². The Labute approximate surface area is 116 Å². The summed E-state index contributed by atoms with van der Waals surface area (Å²) in [7, 11) is 0. The van der Waals surface area contributed by atoms with E-state index < -0.39 is 5.82 Å². The number of pyridine rings is 1. The first-order valence-corrected chi connectivity index (χ1v) is 6.26. The third-order valence-corrected chi connectivity index (χ3v) is 3.00. The van der Waals surface area contributed by atoms with E-state index in [1.807, 2.05) is 13.8 Å². The Morgan fingerprint density at radius 1 is 1.21 bits per heavy atom. The molecule has 1 aromatic carbocycles. The Kier molecular flexibility index (Phi) is 3.96.